The van der Waals surface area contributed by atoms with Gasteiger partial charge in [0.25, 0.3) is 5.91 Å². The van der Waals surface area contributed by atoms with Gasteiger partial charge in [-0.1, -0.05) is 32.0 Å². The Morgan fingerprint density at radius 1 is 1.19 bits per heavy atom. The quantitative estimate of drug-likeness (QED) is 0.532. The molecule has 0 radical (unpaired) electrons. The fraction of sp³-hybridized carbons (Fsp3) is 0.360. The van der Waals surface area contributed by atoms with Crippen LogP contribution in [-0.4, -0.2) is 46.4 Å². The Balaban J connectivity index is 1.77. The Kier molecular flexibility index (Phi) is 6.08. The fourth-order valence-corrected chi connectivity index (χ4v) is 4.13. The largest absolute Gasteiger partial charge is 0.507 e. The second-order valence-electron chi connectivity index (χ2n) is 8.31. The van der Waals surface area contributed by atoms with Crippen molar-refractivity contribution in [2.75, 3.05) is 20.3 Å². The number of aromatic nitrogens is 2. The van der Waals surface area contributed by atoms with Crippen LogP contribution in [0.1, 0.15) is 54.8 Å². The van der Waals surface area contributed by atoms with E-state index in [1.807, 2.05) is 31.2 Å². The molecular formula is C25H29N3O4. The Bertz CT molecular complexity index is 1120. The van der Waals surface area contributed by atoms with E-state index in [1.54, 1.807) is 30.2 Å². The van der Waals surface area contributed by atoms with E-state index in [4.69, 9.17) is 9.47 Å². The average molecular weight is 436 g/mol. The van der Waals surface area contributed by atoms with Gasteiger partial charge in [-0.05, 0) is 49.1 Å². The average Bonchev–Trinajstić information content (AvgIpc) is 3.32. The number of carbonyl (C=O) groups excluding carboxylic acids is 1. The third-order valence-corrected chi connectivity index (χ3v) is 5.82. The molecular weight excluding hydrogens is 406 g/mol. The lowest BCUT2D eigenvalue weighted by atomic mass is 9.95. The van der Waals surface area contributed by atoms with Crippen molar-refractivity contribution in [2.24, 2.45) is 5.92 Å². The number of aromatic hydroxyl groups is 1. The van der Waals surface area contributed by atoms with E-state index in [2.05, 4.69) is 24.0 Å². The van der Waals surface area contributed by atoms with E-state index >= 15 is 0 Å². The van der Waals surface area contributed by atoms with Crippen molar-refractivity contribution in [1.82, 2.24) is 15.1 Å². The van der Waals surface area contributed by atoms with Gasteiger partial charge in [-0.2, -0.15) is 5.10 Å². The van der Waals surface area contributed by atoms with Gasteiger partial charge >= 0.3 is 0 Å². The van der Waals surface area contributed by atoms with Crippen LogP contribution in [0.5, 0.6) is 17.2 Å². The molecule has 0 saturated carbocycles. The summed E-state index contributed by atoms with van der Waals surface area (Å²) in [5.41, 5.74) is 3.26. The summed E-state index contributed by atoms with van der Waals surface area (Å²) >= 11 is 0. The number of methoxy groups -OCH3 is 1. The molecule has 4 rings (SSSR count). The summed E-state index contributed by atoms with van der Waals surface area (Å²) in [4.78, 5) is 14.9. The van der Waals surface area contributed by atoms with E-state index in [-0.39, 0.29) is 17.7 Å². The SMILES string of the molecule is CCN1C(=O)c2[nH]nc(-c3ccccc3O)c2C1c1ccc(OCCC(C)C)c(OC)c1. The Labute approximate surface area is 188 Å². The predicted molar refractivity (Wildman–Crippen MR) is 122 cm³/mol. The minimum Gasteiger partial charge on any atom is -0.507 e. The number of nitrogens with zero attached hydrogens (tertiary/aromatic N) is 2. The molecule has 2 N–H and O–H groups in total. The highest BCUT2D eigenvalue weighted by Crippen LogP contribution is 2.45. The molecule has 0 fully saturated rings. The van der Waals surface area contributed by atoms with Crippen molar-refractivity contribution in [3.8, 4) is 28.5 Å². The van der Waals surface area contributed by atoms with E-state index in [1.165, 1.54) is 0 Å². The summed E-state index contributed by atoms with van der Waals surface area (Å²) in [5.74, 6) is 1.86. The molecule has 168 valence electrons. The number of phenolic OH excluding ortho intramolecular Hbond substituents is 1. The number of benzene rings is 2. The van der Waals surface area contributed by atoms with Crippen LogP contribution in [0, 0.1) is 5.92 Å². The zero-order valence-electron chi connectivity index (χ0n) is 18.9. The number of hydrogen-bond donors (Lipinski definition) is 2. The normalized spacial score (nSPS) is 15.3. The Morgan fingerprint density at radius 3 is 2.66 bits per heavy atom. The summed E-state index contributed by atoms with van der Waals surface area (Å²) in [7, 11) is 1.61. The number of aromatic amines is 1. The van der Waals surface area contributed by atoms with E-state index < -0.39 is 0 Å². The molecule has 1 unspecified atom stereocenters. The van der Waals surface area contributed by atoms with Crippen molar-refractivity contribution in [3.05, 3.63) is 59.3 Å². The van der Waals surface area contributed by atoms with Gasteiger partial charge in [0.2, 0.25) is 0 Å². The molecule has 3 aromatic rings. The van der Waals surface area contributed by atoms with Gasteiger partial charge in [0, 0.05) is 17.7 Å². The highest BCUT2D eigenvalue weighted by molar-refractivity contribution is 6.00. The first-order valence-electron chi connectivity index (χ1n) is 10.9. The van der Waals surface area contributed by atoms with Crippen molar-refractivity contribution >= 4 is 5.91 Å². The number of phenols is 1. The number of nitrogens with one attached hydrogen (secondary N) is 1. The second kappa shape index (κ2) is 8.94. The van der Waals surface area contributed by atoms with Gasteiger partial charge in [-0.3, -0.25) is 9.89 Å². The van der Waals surface area contributed by atoms with Crippen LogP contribution in [0.25, 0.3) is 11.3 Å². The van der Waals surface area contributed by atoms with Crippen LogP contribution in [0.2, 0.25) is 0 Å². The molecule has 1 aliphatic rings. The molecule has 32 heavy (non-hydrogen) atoms. The van der Waals surface area contributed by atoms with Crippen LogP contribution in [0.3, 0.4) is 0 Å². The summed E-state index contributed by atoms with van der Waals surface area (Å²) in [6, 6.07) is 12.4. The van der Waals surface area contributed by atoms with Gasteiger partial charge in [0.1, 0.15) is 17.1 Å². The number of carbonyl (C=O) groups is 1. The lowest BCUT2D eigenvalue weighted by Gasteiger charge is -2.25. The first-order valence-corrected chi connectivity index (χ1v) is 10.9. The number of H-pyrrole nitrogens is 1. The molecule has 2 aromatic carbocycles. The molecule has 2 heterocycles. The van der Waals surface area contributed by atoms with Crippen LogP contribution in [0.15, 0.2) is 42.5 Å². The lowest BCUT2D eigenvalue weighted by molar-refractivity contribution is 0.0753. The third kappa shape index (κ3) is 3.79. The molecule has 1 atom stereocenters. The van der Waals surface area contributed by atoms with Gasteiger partial charge in [-0.25, -0.2) is 0 Å². The predicted octanol–water partition coefficient (Wildman–Crippen LogP) is 4.78. The first kappa shape index (κ1) is 21.7. The Hall–Kier alpha value is -3.48. The Morgan fingerprint density at radius 2 is 1.97 bits per heavy atom. The minimum atomic E-state index is -0.352. The molecule has 0 spiro atoms. The third-order valence-electron chi connectivity index (χ3n) is 5.82. The fourth-order valence-electron chi connectivity index (χ4n) is 4.13. The monoisotopic (exact) mass is 435 g/mol. The molecule has 1 amide bonds. The van der Waals surface area contributed by atoms with Crippen LogP contribution < -0.4 is 9.47 Å². The number of amides is 1. The van der Waals surface area contributed by atoms with E-state index in [9.17, 15) is 9.90 Å². The summed E-state index contributed by atoms with van der Waals surface area (Å²) in [5, 5.41) is 17.7. The van der Waals surface area contributed by atoms with Crippen molar-refractivity contribution in [3.63, 3.8) is 0 Å². The molecule has 0 bridgehead atoms. The summed E-state index contributed by atoms with van der Waals surface area (Å²) in [6.07, 6.45) is 0.952. The second-order valence-corrected chi connectivity index (χ2v) is 8.31. The number of fused-ring (bicyclic) bond motifs is 1. The summed E-state index contributed by atoms with van der Waals surface area (Å²) in [6.45, 7) is 7.40. The first-order chi connectivity index (χ1) is 15.5. The van der Waals surface area contributed by atoms with Gasteiger partial charge in [0.05, 0.1) is 19.8 Å². The van der Waals surface area contributed by atoms with E-state index in [0.29, 0.717) is 47.5 Å². The highest BCUT2D eigenvalue weighted by atomic mass is 16.5. The lowest BCUT2D eigenvalue weighted by Crippen LogP contribution is -2.29. The van der Waals surface area contributed by atoms with Crippen molar-refractivity contribution in [1.29, 1.82) is 0 Å². The zero-order valence-corrected chi connectivity index (χ0v) is 18.9. The molecule has 0 saturated heterocycles. The number of ether oxygens (including phenoxy) is 2. The molecule has 1 aliphatic heterocycles. The smallest absolute Gasteiger partial charge is 0.273 e. The molecule has 0 aliphatic carbocycles. The van der Waals surface area contributed by atoms with Crippen LogP contribution >= 0.6 is 0 Å². The number of rotatable bonds is 8. The highest BCUT2D eigenvalue weighted by Gasteiger charge is 2.42. The summed E-state index contributed by atoms with van der Waals surface area (Å²) < 4.78 is 11.5. The van der Waals surface area contributed by atoms with Crippen LogP contribution in [0.4, 0.5) is 0 Å². The maximum absolute atomic E-state index is 13.1. The van der Waals surface area contributed by atoms with Gasteiger partial charge in [0.15, 0.2) is 11.5 Å². The topological polar surface area (TPSA) is 87.7 Å². The number of hydrogen-bond acceptors (Lipinski definition) is 5. The zero-order chi connectivity index (χ0) is 22.8. The maximum Gasteiger partial charge on any atom is 0.273 e. The van der Waals surface area contributed by atoms with E-state index in [0.717, 1.165) is 17.5 Å². The minimum absolute atomic E-state index is 0.113. The van der Waals surface area contributed by atoms with Crippen molar-refractivity contribution in [2.45, 2.75) is 33.2 Å². The van der Waals surface area contributed by atoms with Gasteiger partial charge in [-0.15, -0.1) is 0 Å². The van der Waals surface area contributed by atoms with Crippen LogP contribution in [-0.2, 0) is 0 Å². The maximum atomic E-state index is 13.1. The number of para-hydroxylation sites is 1. The standard InChI is InChI=1S/C25H29N3O4/c1-5-28-24(16-10-11-19(20(14-16)31-4)32-13-12-15(2)3)21-22(26-27-23(21)25(28)30)17-8-6-7-9-18(17)29/h6-11,14-15,24,29H,5,12-13H2,1-4H3,(H,26,27). The molecule has 7 nitrogen and oxygen atoms in total. The van der Waals surface area contributed by atoms with Gasteiger partial charge < -0.3 is 19.5 Å². The van der Waals surface area contributed by atoms with Crippen molar-refractivity contribution < 1.29 is 19.4 Å². The molecule has 7 heteroatoms. The molecule has 1 aromatic heterocycles.